The number of hydrogen-bond acceptors (Lipinski definition) is 8. The van der Waals surface area contributed by atoms with Crippen LogP contribution in [0.15, 0.2) is 63.8 Å². The van der Waals surface area contributed by atoms with E-state index in [1.165, 1.54) is 30.7 Å². The topological polar surface area (TPSA) is 101 Å². The van der Waals surface area contributed by atoms with E-state index in [-0.39, 0.29) is 17.1 Å². The van der Waals surface area contributed by atoms with E-state index in [4.69, 9.17) is 9.15 Å². The summed E-state index contributed by atoms with van der Waals surface area (Å²) in [5, 5.41) is 6.79. The highest BCUT2D eigenvalue weighted by molar-refractivity contribution is 8.77. The Bertz CT molecular complexity index is 1300. The molecule has 4 rings (SSSR count). The highest BCUT2D eigenvalue weighted by Crippen LogP contribution is 2.39. The van der Waals surface area contributed by atoms with Crippen LogP contribution >= 0.6 is 21.6 Å². The van der Waals surface area contributed by atoms with Crippen LogP contribution in [0.25, 0.3) is 22.3 Å². The molecule has 0 unspecified atom stereocenters. The van der Waals surface area contributed by atoms with E-state index < -0.39 is 6.09 Å². The van der Waals surface area contributed by atoms with Gasteiger partial charge in [0.25, 0.3) is 0 Å². The van der Waals surface area contributed by atoms with Crippen LogP contribution in [0.3, 0.4) is 0 Å². The Morgan fingerprint density at radius 3 is 2.62 bits per heavy atom. The predicted molar refractivity (Wildman–Crippen MR) is 159 cm³/mol. The maximum Gasteiger partial charge on any atom is 0.412 e. The molecule has 1 aliphatic heterocycles. The van der Waals surface area contributed by atoms with E-state index in [0.717, 1.165) is 23.7 Å². The number of fused-ring (bicyclic) bond motifs is 1. The number of nitrogens with zero attached hydrogens (tertiary/aromatic N) is 1. The molecule has 1 aliphatic rings. The average molecular weight is 570 g/mol. The molecule has 1 atom stereocenters. The third-order valence-electron chi connectivity index (χ3n) is 6.45. The van der Waals surface area contributed by atoms with Crippen molar-refractivity contribution in [1.82, 2.24) is 15.5 Å². The predicted octanol–water partition coefficient (Wildman–Crippen LogP) is 5.31. The van der Waals surface area contributed by atoms with Gasteiger partial charge < -0.3 is 24.7 Å². The monoisotopic (exact) mass is 569 g/mol. The maximum atomic E-state index is 12.7. The van der Waals surface area contributed by atoms with Crippen LogP contribution in [-0.4, -0.2) is 61.1 Å². The van der Waals surface area contributed by atoms with Gasteiger partial charge in [-0.05, 0) is 44.5 Å². The van der Waals surface area contributed by atoms with Crippen molar-refractivity contribution < 1.29 is 18.7 Å². The standard InChI is InChI=1S/C29H35N3O5S2/c1-32(16-14-30-28(34)10-6-5-9-23-13-18-38-39-23)17-15-31-29(35)36-22-11-12-26-24(19-22)25(33)20-27(37-26)21-7-3-2-4-8-21/h2-4,7-8,11-12,19-20,23H,5-6,9-10,13-18H2,1H3,(H,30,34)(H,31,35)/t23-/m1/s1. The Morgan fingerprint density at radius 2 is 1.85 bits per heavy atom. The van der Waals surface area contributed by atoms with Crippen molar-refractivity contribution in [3.05, 3.63) is 64.8 Å². The fraction of sp³-hybridized carbons (Fsp3) is 0.414. The Balaban J connectivity index is 1.12. The second kappa shape index (κ2) is 15.0. The molecule has 8 nitrogen and oxygen atoms in total. The Labute approximate surface area is 236 Å². The maximum absolute atomic E-state index is 12.7. The molecule has 0 radical (unpaired) electrons. The van der Waals surface area contributed by atoms with Crippen LogP contribution in [0.1, 0.15) is 32.1 Å². The molecular weight excluding hydrogens is 534 g/mol. The minimum absolute atomic E-state index is 0.0965. The summed E-state index contributed by atoms with van der Waals surface area (Å²) in [5.41, 5.74) is 1.02. The number of rotatable bonds is 13. The zero-order valence-corrected chi connectivity index (χ0v) is 23.8. The summed E-state index contributed by atoms with van der Waals surface area (Å²) in [5.74, 6) is 2.09. The minimum Gasteiger partial charge on any atom is -0.456 e. The van der Waals surface area contributed by atoms with Gasteiger partial charge in [0.05, 0.1) is 5.39 Å². The van der Waals surface area contributed by atoms with Crippen molar-refractivity contribution >= 4 is 44.6 Å². The van der Waals surface area contributed by atoms with Crippen molar-refractivity contribution in [2.24, 2.45) is 0 Å². The van der Waals surface area contributed by atoms with Crippen molar-refractivity contribution in [3.8, 4) is 17.1 Å². The first-order valence-electron chi connectivity index (χ1n) is 13.3. The molecule has 10 heteroatoms. The highest BCUT2D eigenvalue weighted by atomic mass is 33.1. The largest absolute Gasteiger partial charge is 0.456 e. The molecule has 1 saturated heterocycles. The smallest absolute Gasteiger partial charge is 0.412 e. The molecular formula is C29H35N3O5S2. The third-order valence-corrected chi connectivity index (χ3v) is 9.46. The first kappa shape index (κ1) is 29.0. The van der Waals surface area contributed by atoms with Crippen LogP contribution in [0.4, 0.5) is 4.79 Å². The Hall–Kier alpha value is -2.95. The third kappa shape index (κ3) is 9.33. The summed E-state index contributed by atoms with van der Waals surface area (Å²) in [7, 11) is 5.88. The Morgan fingerprint density at radius 1 is 1.05 bits per heavy atom. The number of unbranched alkanes of at least 4 members (excludes halogenated alkanes) is 1. The summed E-state index contributed by atoms with van der Waals surface area (Å²) in [6.07, 6.45) is 4.51. The quantitative estimate of drug-likeness (QED) is 0.211. The van der Waals surface area contributed by atoms with Gasteiger partial charge in [0.15, 0.2) is 5.43 Å². The van der Waals surface area contributed by atoms with Gasteiger partial charge in [-0.25, -0.2) is 4.79 Å². The van der Waals surface area contributed by atoms with E-state index in [2.05, 4.69) is 10.6 Å². The molecule has 2 heterocycles. The van der Waals surface area contributed by atoms with E-state index in [1.54, 1.807) is 12.1 Å². The van der Waals surface area contributed by atoms with Crippen molar-refractivity contribution in [2.75, 3.05) is 39.0 Å². The van der Waals surface area contributed by atoms with E-state index in [0.29, 0.717) is 49.3 Å². The lowest BCUT2D eigenvalue weighted by atomic mass is 10.1. The van der Waals surface area contributed by atoms with Crippen LogP contribution in [0, 0.1) is 0 Å². The van der Waals surface area contributed by atoms with Crippen molar-refractivity contribution in [2.45, 2.75) is 37.4 Å². The lowest BCUT2D eigenvalue weighted by molar-refractivity contribution is -0.121. The van der Waals surface area contributed by atoms with Crippen molar-refractivity contribution in [3.63, 3.8) is 0 Å². The number of benzene rings is 2. The fourth-order valence-corrected chi connectivity index (χ4v) is 7.27. The van der Waals surface area contributed by atoms with Crippen LogP contribution in [-0.2, 0) is 4.79 Å². The summed E-state index contributed by atoms with van der Waals surface area (Å²) < 4.78 is 11.2. The second-order valence-electron chi connectivity index (χ2n) is 9.54. The number of carbonyl (C=O) groups is 2. The molecule has 0 saturated carbocycles. The molecule has 0 bridgehead atoms. The van der Waals surface area contributed by atoms with Gasteiger partial charge in [-0.2, -0.15) is 0 Å². The van der Waals surface area contributed by atoms with Gasteiger partial charge >= 0.3 is 6.09 Å². The fourth-order valence-electron chi connectivity index (χ4n) is 4.24. The van der Waals surface area contributed by atoms with E-state index >= 15 is 0 Å². The summed E-state index contributed by atoms with van der Waals surface area (Å²) in [4.78, 5) is 39.0. The lowest BCUT2D eigenvalue weighted by Crippen LogP contribution is -2.38. The molecule has 0 spiro atoms. The van der Waals surface area contributed by atoms with Crippen molar-refractivity contribution in [1.29, 1.82) is 0 Å². The molecule has 0 aliphatic carbocycles. The van der Waals surface area contributed by atoms with Crippen LogP contribution in [0.2, 0.25) is 0 Å². The van der Waals surface area contributed by atoms with Crippen LogP contribution in [0.5, 0.6) is 5.75 Å². The SMILES string of the molecule is CN(CCNC(=O)CCCC[C@@H]1CCSS1)CCNC(=O)Oc1ccc2oc(-c3ccccc3)cc(=O)c2c1. The summed E-state index contributed by atoms with van der Waals surface area (Å²) in [6.45, 7) is 2.24. The van der Waals surface area contributed by atoms with Gasteiger partial charge in [-0.3, -0.25) is 9.59 Å². The molecule has 208 valence electrons. The van der Waals surface area contributed by atoms with Crippen LogP contribution < -0.4 is 20.8 Å². The first-order valence-corrected chi connectivity index (χ1v) is 15.7. The lowest BCUT2D eigenvalue weighted by Gasteiger charge is -2.17. The van der Waals surface area contributed by atoms with Gasteiger partial charge in [0.2, 0.25) is 5.91 Å². The highest BCUT2D eigenvalue weighted by Gasteiger charge is 2.16. The molecule has 1 fully saturated rings. The average Bonchev–Trinajstić information content (AvgIpc) is 3.45. The normalized spacial score (nSPS) is 15.0. The van der Waals surface area contributed by atoms with Gasteiger partial charge in [-0.1, -0.05) is 58.3 Å². The molecule has 2 aromatic carbocycles. The zero-order valence-electron chi connectivity index (χ0n) is 22.1. The van der Waals surface area contributed by atoms with Gasteiger partial charge in [0.1, 0.15) is 17.1 Å². The first-order chi connectivity index (χ1) is 19.0. The molecule has 2 amide bonds. The number of ether oxygens (including phenoxy) is 1. The van der Waals surface area contributed by atoms with Gasteiger partial charge in [-0.15, -0.1) is 0 Å². The number of nitrogens with one attached hydrogen (secondary N) is 2. The Kier molecular flexibility index (Phi) is 11.2. The molecule has 2 N–H and O–H groups in total. The molecule has 39 heavy (non-hydrogen) atoms. The number of amides is 2. The molecule has 3 aromatic rings. The zero-order chi connectivity index (χ0) is 27.5. The van der Waals surface area contributed by atoms with E-state index in [9.17, 15) is 14.4 Å². The van der Waals surface area contributed by atoms with Gasteiger partial charge in [0, 0.05) is 55.2 Å². The number of carbonyl (C=O) groups excluding carboxylic acids is 2. The summed E-state index contributed by atoms with van der Waals surface area (Å²) in [6, 6.07) is 15.6. The minimum atomic E-state index is -0.601. The summed E-state index contributed by atoms with van der Waals surface area (Å²) >= 11 is 0. The number of likely N-dealkylation sites (N-methyl/N-ethyl adjacent to an activating group) is 1. The number of hydrogen-bond donors (Lipinski definition) is 2. The van der Waals surface area contributed by atoms with E-state index in [1.807, 2.05) is 63.9 Å². The molecule has 1 aromatic heterocycles. The second-order valence-corrected chi connectivity index (χ2v) is 12.3.